The first-order valence-corrected chi connectivity index (χ1v) is 10.7. The van der Waals surface area contributed by atoms with E-state index in [1.165, 1.54) is 12.1 Å². The Kier molecular flexibility index (Phi) is 5.83. The van der Waals surface area contributed by atoms with Crippen molar-refractivity contribution in [1.29, 1.82) is 0 Å². The van der Waals surface area contributed by atoms with E-state index < -0.39 is 10.0 Å². The first-order valence-electron chi connectivity index (χ1n) is 8.13. The maximum atomic E-state index is 12.7. The van der Waals surface area contributed by atoms with Gasteiger partial charge in [-0.05, 0) is 71.5 Å². The van der Waals surface area contributed by atoms with E-state index >= 15 is 0 Å². The Balaban J connectivity index is 1.88. The molecule has 0 unspecified atom stereocenters. The lowest BCUT2D eigenvalue weighted by molar-refractivity contribution is 0.0302. The van der Waals surface area contributed by atoms with Crippen LogP contribution in [0.2, 0.25) is 0 Å². The molecule has 1 saturated heterocycles. The minimum atomic E-state index is -3.78. The summed E-state index contributed by atoms with van der Waals surface area (Å²) >= 11 is 2.15. The van der Waals surface area contributed by atoms with E-state index in [1.807, 2.05) is 12.1 Å². The summed E-state index contributed by atoms with van der Waals surface area (Å²) in [7, 11) is -3.78. The van der Waals surface area contributed by atoms with Crippen molar-refractivity contribution >= 4 is 44.2 Å². The smallest absolute Gasteiger partial charge is 0.261 e. The van der Waals surface area contributed by atoms with Crippen LogP contribution >= 0.6 is 22.6 Å². The molecule has 0 saturated carbocycles. The number of morpholine rings is 1. The molecule has 0 spiro atoms. The Labute approximate surface area is 166 Å². The molecule has 0 aromatic heterocycles. The number of hydrogen-bond donors (Lipinski definition) is 1. The summed E-state index contributed by atoms with van der Waals surface area (Å²) < 4.78 is 34.2. The maximum Gasteiger partial charge on any atom is 0.261 e. The van der Waals surface area contributed by atoms with Crippen LogP contribution in [0.5, 0.6) is 0 Å². The number of halogens is 1. The second-order valence-electron chi connectivity index (χ2n) is 5.99. The minimum Gasteiger partial charge on any atom is -0.378 e. The highest BCUT2D eigenvalue weighted by Gasteiger charge is 2.23. The molecule has 0 bridgehead atoms. The van der Waals surface area contributed by atoms with Crippen LogP contribution in [0.1, 0.15) is 15.9 Å². The Bertz CT molecular complexity index is 907. The number of carbonyl (C=O) groups is 1. The van der Waals surface area contributed by atoms with Gasteiger partial charge >= 0.3 is 0 Å². The first kappa shape index (κ1) is 19.1. The van der Waals surface area contributed by atoms with Gasteiger partial charge in [0.2, 0.25) is 0 Å². The molecular weight excluding hydrogens is 467 g/mol. The minimum absolute atomic E-state index is 0.0678. The SMILES string of the molecule is Cc1ccc(S(=O)(=O)Nc2ccc(I)cc2)cc1C(=O)N1CCOCC1. The van der Waals surface area contributed by atoms with E-state index in [0.29, 0.717) is 37.6 Å². The van der Waals surface area contributed by atoms with Gasteiger partial charge in [-0.2, -0.15) is 0 Å². The van der Waals surface area contributed by atoms with Crippen molar-refractivity contribution < 1.29 is 17.9 Å². The number of amides is 1. The standard InChI is InChI=1S/C18H19IN2O4S/c1-13-2-7-16(12-17(13)18(22)21-8-10-25-11-9-21)26(23,24)20-15-5-3-14(19)4-6-15/h2-7,12,20H,8-11H2,1H3. The third-order valence-corrected chi connectivity index (χ3v) is 6.24. The van der Waals surface area contributed by atoms with Gasteiger partial charge in [0.1, 0.15) is 0 Å². The van der Waals surface area contributed by atoms with Gasteiger partial charge in [0.15, 0.2) is 0 Å². The molecule has 2 aromatic carbocycles. The molecule has 8 heteroatoms. The zero-order valence-corrected chi connectivity index (χ0v) is 17.2. The second-order valence-corrected chi connectivity index (χ2v) is 8.92. The van der Waals surface area contributed by atoms with Crippen molar-refractivity contribution in [3.63, 3.8) is 0 Å². The monoisotopic (exact) mass is 486 g/mol. The molecule has 2 aromatic rings. The van der Waals surface area contributed by atoms with Gasteiger partial charge in [-0.1, -0.05) is 6.07 Å². The van der Waals surface area contributed by atoms with E-state index in [0.717, 1.165) is 9.13 Å². The number of rotatable bonds is 4. The predicted molar refractivity (Wildman–Crippen MR) is 108 cm³/mol. The van der Waals surface area contributed by atoms with Crippen LogP contribution in [0, 0.1) is 10.5 Å². The number of benzene rings is 2. The Morgan fingerprint density at radius 1 is 1.12 bits per heavy atom. The van der Waals surface area contributed by atoms with Crippen molar-refractivity contribution in [2.75, 3.05) is 31.0 Å². The van der Waals surface area contributed by atoms with Crippen LogP contribution in [-0.2, 0) is 14.8 Å². The molecule has 26 heavy (non-hydrogen) atoms. The number of aryl methyl sites for hydroxylation is 1. The average molecular weight is 486 g/mol. The highest BCUT2D eigenvalue weighted by Crippen LogP contribution is 2.21. The van der Waals surface area contributed by atoms with Crippen molar-refractivity contribution in [3.8, 4) is 0 Å². The lowest BCUT2D eigenvalue weighted by Crippen LogP contribution is -2.41. The van der Waals surface area contributed by atoms with Crippen molar-refractivity contribution in [2.24, 2.45) is 0 Å². The molecule has 0 aliphatic carbocycles. The van der Waals surface area contributed by atoms with Gasteiger partial charge in [-0.25, -0.2) is 8.42 Å². The number of ether oxygens (including phenoxy) is 1. The van der Waals surface area contributed by atoms with Crippen LogP contribution in [-0.4, -0.2) is 45.5 Å². The molecular formula is C18H19IN2O4S. The van der Waals surface area contributed by atoms with E-state index in [-0.39, 0.29) is 10.8 Å². The van der Waals surface area contributed by atoms with Crippen LogP contribution < -0.4 is 4.72 Å². The van der Waals surface area contributed by atoms with Gasteiger partial charge in [0.25, 0.3) is 15.9 Å². The van der Waals surface area contributed by atoms with Gasteiger partial charge < -0.3 is 9.64 Å². The van der Waals surface area contributed by atoms with Gasteiger partial charge in [0, 0.05) is 27.9 Å². The fourth-order valence-electron chi connectivity index (χ4n) is 2.67. The quantitative estimate of drug-likeness (QED) is 0.675. The molecule has 1 N–H and O–H groups in total. The summed E-state index contributed by atoms with van der Waals surface area (Å²) in [5, 5.41) is 0. The molecule has 1 heterocycles. The maximum absolute atomic E-state index is 12.7. The predicted octanol–water partition coefficient (Wildman–Crippen LogP) is 2.87. The highest BCUT2D eigenvalue weighted by atomic mass is 127. The van der Waals surface area contributed by atoms with E-state index in [9.17, 15) is 13.2 Å². The third-order valence-electron chi connectivity index (χ3n) is 4.14. The van der Waals surface area contributed by atoms with Crippen molar-refractivity contribution in [2.45, 2.75) is 11.8 Å². The number of sulfonamides is 1. The topological polar surface area (TPSA) is 75.7 Å². The Morgan fingerprint density at radius 3 is 2.42 bits per heavy atom. The molecule has 1 aliphatic heterocycles. The zero-order chi connectivity index (χ0) is 18.7. The van der Waals surface area contributed by atoms with E-state index in [1.54, 1.807) is 30.0 Å². The molecule has 1 aliphatic rings. The van der Waals surface area contributed by atoms with Crippen LogP contribution in [0.3, 0.4) is 0 Å². The Morgan fingerprint density at radius 2 is 1.77 bits per heavy atom. The van der Waals surface area contributed by atoms with Gasteiger partial charge in [0.05, 0.1) is 18.1 Å². The number of carbonyl (C=O) groups excluding carboxylic acids is 1. The largest absolute Gasteiger partial charge is 0.378 e. The molecule has 138 valence electrons. The second kappa shape index (κ2) is 7.93. The van der Waals surface area contributed by atoms with Crippen LogP contribution in [0.4, 0.5) is 5.69 Å². The highest BCUT2D eigenvalue weighted by molar-refractivity contribution is 14.1. The average Bonchev–Trinajstić information content (AvgIpc) is 2.64. The Hall–Kier alpha value is -1.65. The first-order chi connectivity index (χ1) is 12.4. The number of nitrogens with zero attached hydrogens (tertiary/aromatic N) is 1. The van der Waals surface area contributed by atoms with Crippen molar-refractivity contribution in [1.82, 2.24) is 4.90 Å². The fraction of sp³-hybridized carbons (Fsp3) is 0.278. The van der Waals surface area contributed by atoms with E-state index in [2.05, 4.69) is 27.3 Å². The molecule has 1 amide bonds. The number of nitrogens with one attached hydrogen (secondary N) is 1. The summed E-state index contributed by atoms with van der Waals surface area (Å²) in [5.41, 5.74) is 1.62. The van der Waals surface area contributed by atoms with Crippen molar-refractivity contribution in [3.05, 3.63) is 57.2 Å². The summed E-state index contributed by atoms with van der Waals surface area (Å²) in [4.78, 5) is 14.5. The molecule has 1 fully saturated rings. The zero-order valence-electron chi connectivity index (χ0n) is 14.2. The number of hydrogen-bond acceptors (Lipinski definition) is 4. The van der Waals surface area contributed by atoms with Crippen LogP contribution in [0.15, 0.2) is 47.4 Å². The summed E-state index contributed by atoms with van der Waals surface area (Å²) in [5.74, 6) is -0.169. The van der Waals surface area contributed by atoms with E-state index in [4.69, 9.17) is 4.74 Å². The fourth-order valence-corrected chi connectivity index (χ4v) is 4.11. The molecule has 6 nitrogen and oxygen atoms in total. The van der Waals surface area contributed by atoms with Gasteiger partial charge in [-0.3, -0.25) is 9.52 Å². The summed E-state index contributed by atoms with van der Waals surface area (Å²) in [6.45, 7) is 3.82. The number of anilines is 1. The molecule has 0 atom stereocenters. The molecule has 0 radical (unpaired) electrons. The lowest BCUT2D eigenvalue weighted by atomic mass is 10.1. The summed E-state index contributed by atoms with van der Waals surface area (Å²) in [6.07, 6.45) is 0. The molecule has 3 rings (SSSR count). The van der Waals surface area contributed by atoms with Crippen LogP contribution in [0.25, 0.3) is 0 Å². The normalized spacial score (nSPS) is 14.9. The summed E-state index contributed by atoms with van der Waals surface area (Å²) in [6, 6.07) is 11.7. The van der Waals surface area contributed by atoms with Gasteiger partial charge in [-0.15, -0.1) is 0 Å². The lowest BCUT2D eigenvalue weighted by Gasteiger charge is -2.27. The third kappa shape index (κ3) is 4.36.